The van der Waals surface area contributed by atoms with Gasteiger partial charge in [0.05, 0.1) is 0 Å². The summed E-state index contributed by atoms with van der Waals surface area (Å²) in [6.45, 7) is 5.88. The summed E-state index contributed by atoms with van der Waals surface area (Å²) in [6, 6.07) is 2.41. The van der Waals surface area contributed by atoms with Crippen LogP contribution in [0.1, 0.15) is 48.4 Å². The third-order valence-corrected chi connectivity index (χ3v) is 6.27. The second-order valence-corrected chi connectivity index (χ2v) is 6.93. The van der Waals surface area contributed by atoms with Crippen molar-refractivity contribution in [3.05, 3.63) is 26.6 Å². The Bertz CT molecular complexity index is 486. The topological polar surface area (TPSA) is 4.93 Å². The summed E-state index contributed by atoms with van der Waals surface area (Å²) in [4.78, 5) is 0. The molecule has 2 heterocycles. The number of aryl methyl sites for hydroxylation is 2. The molecule has 1 aromatic heterocycles. The van der Waals surface area contributed by atoms with Gasteiger partial charge in [-0.1, -0.05) is 0 Å². The molecule has 1 aromatic rings. The van der Waals surface area contributed by atoms with Crippen LogP contribution in [0.2, 0.25) is 0 Å². The molecule has 0 N–H and O–H groups in total. The van der Waals surface area contributed by atoms with Crippen molar-refractivity contribution in [2.45, 2.75) is 52.0 Å². The third-order valence-electron chi connectivity index (χ3n) is 4.32. The molecule has 0 radical (unpaired) electrons. The van der Waals surface area contributed by atoms with E-state index in [1.165, 1.54) is 43.4 Å². The van der Waals surface area contributed by atoms with E-state index in [4.69, 9.17) is 0 Å². The first-order valence-corrected chi connectivity index (χ1v) is 7.84. The van der Waals surface area contributed by atoms with Crippen LogP contribution < -0.4 is 0 Å². The minimum absolute atomic E-state index is 0.867. The summed E-state index contributed by atoms with van der Waals surface area (Å²) >= 11 is 1.63. The number of hydrogen-bond acceptors (Lipinski definition) is 0. The average molecular weight is 385 g/mol. The Morgan fingerprint density at radius 2 is 2.06 bits per heavy atom. The number of fused-ring (bicyclic) bond motifs is 4. The minimum atomic E-state index is 0.867. The molecular weight excluding hydrogens is 366 g/mol. The van der Waals surface area contributed by atoms with Crippen molar-refractivity contribution < 1.29 is 19.4 Å². The van der Waals surface area contributed by atoms with Gasteiger partial charge in [0.15, 0.2) is 0 Å². The molecule has 1 nitrogen and oxygen atoms in total. The first-order chi connectivity index (χ1) is 7.66. The molecule has 1 fully saturated rings. The molecule has 2 atom stereocenters. The first kappa shape index (κ1) is 11.0. The van der Waals surface area contributed by atoms with Crippen molar-refractivity contribution in [3.8, 4) is 0 Å². The zero-order valence-electron chi connectivity index (χ0n) is 10.1. The third kappa shape index (κ3) is 1.59. The molecule has 0 saturated heterocycles. The van der Waals surface area contributed by atoms with Crippen molar-refractivity contribution >= 4 is 0 Å². The van der Waals surface area contributed by atoms with Crippen LogP contribution in [-0.2, 0) is 25.9 Å². The predicted octanol–water partition coefficient (Wildman–Crippen LogP) is 3.47. The second kappa shape index (κ2) is 3.94. The van der Waals surface area contributed by atoms with Crippen LogP contribution >= 0.6 is 0 Å². The van der Waals surface area contributed by atoms with Crippen molar-refractivity contribution in [1.29, 1.82) is 0 Å². The molecular formula is C14H19NW. The molecule has 0 amide bonds. The summed E-state index contributed by atoms with van der Waals surface area (Å²) in [5.74, 6) is 1.83. The van der Waals surface area contributed by atoms with Gasteiger partial charge < -0.3 is 0 Å². The number of pyridine rings is 1. The normalized spacial score (nSPS) is 27.6. The standard InChI is InChI=1S/C14H19N.W/c1-10-6-11(2)14-13-5-3-4-12(7-13)9-15(14)8-10;/h6,12-13H,3-5,7,9H2,1-2H3;. The molecule has 0 spiro atoms. The molecule has 2 aliphatic rings. The van der Waals surface area contributed by atoms with Gasteiger partial charge in [0.25, 0.3) is 0 Å². The van der Waals surface area contributed by atoms with Gasteiger partial charge in [-0.2, -0.15) is 0 Å². The van der Waals surface area contributed by atoms with Crippen molar-refractivity contribution in [2.24, 2.45) is 5.92 Å². The van der Waals surface area contributed by atoms with Gasteiger partial charge >= 0.3 is 108 Å². The van der Waals surface area contributed by atoms with Crippen LogP contribution in [0.4, 0.5) is 0 Å². The quantitative estimate of drug-likeness (QED) is 0.645. The maximum atomic E-state index is 2.66. The fourth-order valence-corrected chi connectivity index (χ4v) is 4.52. The van der Waals surface area contributed by atoms with Gasteiger partial charge in [-0.15, -0.1) is 0 Å². The van der Waals surface area contributed by atoms with Crippen LogP contribution in [0.15, 0.2) is 6.07 Å². The van der Waals surface area contributed by atoms with Gasteiger partial charge in [-0.05, 0) is 0 Å². The number of nitrogens with zero attached hydrogens (tertiary/aromatic N) is 1. The molecule has 2 bridgehead atoms. The monoisotopic (exact) mass is 385 g/mol. The van der Waals surface area contributed by atoms with Gasteiger partial charge in [0, 0.05) is 0 Å². The second-order valence-electron chi connectivity index (χ2n) is 5.54. The molecule has 0 aromatic carbocycles. The summed E-state index contributed by atoms with van der Waals surface area (Å²) < 4.78 is 4.25. The van der Waals surface area contributed by atoms with E-state index in [-0.39, 0.29) is 0 Å². The van der Waals surface area contributed by atoms with Gasteiger partial charge in [-0.25, -0.2) is 0 Å². The molecule has 2 unspecified atom stereocenters. The van der Waals surface area contributed by atoms with Crippen molar-refractivity contribution in [3.63, 3.8) is 0 Å². The van der Waals surface area contributed by atoms with E-state index in [9.17, 15) is 0 Å². The molecule has 1 aliphatic carbocycles. The first-order valence-electron chi connectivity index (χ1n) is 6.37. The Morgan fingerprint density at radius 3 is 2.88 bits per heavy atom. The summed E-state index contributed by atoms with van der Waals surface area (Å²) in [5.41, 5.74) is 4.70. The van der Waals surface area contributed by atoms with Crippen LogP contribution in [0.5, 0.6) is 0 Å². The molecule has 1 aliphatic heterocycles. The fraction of sp³-hybridized carbons (Fsp3) is 0.643. The van der Waals surface area contributed by atoms with E-state index in [1.807, 2.05) is 0 Å². The fourth-order valence-electron chi connectivity index (χ4n) is 3.68. The maximum absolute atomic E-state index is 2.66. The Balaban J connectivity index is 2.23. The average Bonchev–Trinajstić information content (AvgIpc) is 2.25. The summed E-state index contributed by atoms with van der Waals surface area (Å²) in [5, 5.41) is 0. The summed E-state index contributed by atoms with van der Waals surface area (Å²) in [6.07, 6.45) is 5.80. The molecule has 2 heteroatoms. The zero-order chi connectivity index (χ0) is 11.3. The van der Waals surface area contributed by atoms with Crippen LogP contribution in [-0.4, -0.2) is 4.57 Å². The zero-order valence-corrected chi connectivity index (χ0v) is 13.1. The summed E-state index contributed by atoms with van der Waals surface area (Å²) in [7, 11) is 0. The van der Waals surface area contributed by atoms with Gasteiger partial charge in [-0.3, -0.25) is 0 Å². The Morgan fingerprint density at radius 1 is 1.25 bits per heavy atom. The van der Waals surface area contributed by atoms with E-state index < -0.39 is 0 Å². The Labute approximate surface area is 108 Å². The van der Waals surface area contributed by atoms with Crippen LogP contribution in [0, 0.1) is 23.4 Å². The molecule has 86 valence electrons. The number of rotatable bonds is 0. The van der Waals surface area contributed by atoms with Gasteiger partial charge in [0.2, 0.25) is 0 Å². The molecule has 16 heavy (non-hydrogen) atoms. The van der Waals surface area contributed by atoms with E-state index in [2.05, 4.69) is 24.5 Å². The van der Waals surface area contributed by atoms with Crippen molar-refractivity contribution in [1.82, 2.24) is 4.57 Å². The van der Waals surface area contributed by atoms with E-state index in [1.54, 1.807) is 28.7 Å². The van der Waals surface area contributed by atoms with Gasteiger partial charge in [0.1, 0.15) is 0 Å². The van der Waals surface area contributed by atoms with Crippen LogP contribution in [0.3, 0.4) is 0 Å². The van der Waals surface area contributed by atoms with Crippen LogP contribution in [0.25, 0.3) is 0 Å². The SMILES string of the molecule is Cc1cc(C)[c](=[W])n2c1C1CCCC(C1)C2. The van der Waals surface area contributed by atoms with E-state index in [0.717, 1.165) is 11.8 Å². The molecule has 3 rings (SSSR count). The number of aromatic nitrogens is 1. The molecule has 1 saturated carbocycles. The predicted molar refractivity (Wildman–Crippen MR) is 61.8 cm³/mol. The number of hydrogen-bond donors (Lipinski definition) is 0. The van der Waals surface area contributed by atoms with E-state index >= 15 is 0 Å². The Kier molecular flexibility index (Phi) is 2.70. The van der Waals surface area contributed by atoms with E-state index in [0.29, 0.717) is 0 Å². The Hall–Kier alpha value is -0.162. The van der Waals surface area contributed by atoms with Crippen molar-refractivity contribution in [2.75, 3.05) is 0 Å².